The van der Waals surface area contributed by atoms with E-state index in [0.29, 0.717) is 12.1 Å². The van der Waals surface area contributed by atoms with Gasteiger partial charge in [0.15, 0.2) is 0 Å². The van der Waals surface area contributed by atoms with Gasteiger partial charge in [-0.1, -0.05) is 26.0 Å². The smallest absolute Gasteiger partial charge is 0.0368 e. The van der Waals surface area contributed by atoms with Crippen molar-refractivity contribution in [2.75, 3.05) is 18.0 Å². The van der Waals surface area contributed by atoms with E-state index in [1.807, 2.05) is 0 Å². The minimum Gasteiger partial charge on any atom is -0.369 e. The number of hydrogen-bond acceptors (Lipinski definition) is 2. The predicted octanol–water partition coefficient (Wildman–Crippen LogP) is 4.37. The Bertz CT molecular complexity index is 392. The van der Waals surface area contributed by atoms with Gasteiger partial charge in [-0.15, -0.1) is 0 Å². The average Bonchev–Trinajstić information content (AvgIpc) is 3.26. The topological polar surface area (TPSA) is 15.3 Å². The Morgan fingerprint density at radius 2 is 1.80 bits per heavy atom. The summed E-state index contributed by atoms with van der Waals surface area (Å²) < 4.78 is 0. The Hall–Kier alpha value is -1.02. The zero-order valence-electron chi connectivity index (χ0n) is 13.5. The van der Waals surface area contributed by atoms with Crippen LogP contribution in [0.1, 0.15) is 58.6 Å². The predicted molar refractivity (Wildman–Crippen MR) is 88.4 cm³/mol. The monoisotopic (exact) mass is 274 g/mol. The zero-order chi connectivity index (χ0) is 14.5. The summed E-state index contributed by atoms with van der Waals surface area (Å²) in [5, 5.41) is 3.55. The van der Waals surface area contributed by atoms with Crippen LogP contribution in [0.25, 0.3) is 0 Å². The molecule has 0 amide bonds. The molecule has 2 rings (SSSR count). The molecule has 1 N–H and O–H groups in total. The molecule has 1 aliphatic carbocycles. The molecule has 2 nitrogen and oxygen atoms in total. The molecule has 1 aliphatic rings. The van der Waals surface area contributed by atoms with E-state index in [4.69, 9.17) is 0 Å². The van der Waals surface area contributed by atoms with Crippen LogP contribution in [0.5, 0.6) is 0 Å². The maximum absolute atomic E-state index is 3.55. The van der Waals surface area contributed by atoms with Crippen molar-refractivity contribution >= 4 is 5.69 Å². The van der Waals surface area contributed by atoms with Gasteiger partial charge in [-0.25, -0.2) is 0 Å². The van der Waals surface area contributed by atoms with E-state index in [-0.39, 0.29) is 0 Å². The minimum atomic E-state index is 0.491. The molecule has 1 unspecified atom stereocenters. The molecule has 2 heteroatoms. The van der Waals surface area contributed by atoms with Crippen molar-refractivity contribution in [1.82, 2.24) is 5.32 Å². The fraction of sp³-hybridized carbons (Fsp3) is 0.667. The normalized spacial score (nSPS) is 16.4. The molecule has 0 radical (unpaired) electrons. The standard InChI is InChI=1S/C18H30N2/c1-5-18(19-6-2)16-9-11-17(12-10-16)20(14(3)4)13-15-7-8-15/h9-12,14-15,18-19H,5-8,13H2,1-4H3. The Morgan fingerprint density at radius 1 is 1.15 bits per heavy atom. The highest BCUT2D eigenvalue weighted by molar-refractivity contribution is 5.49. The van der Waals surface area contributed by atoms with Gasteiger partial charge in [0.05, 0.1) is 0 Å². The molecule has 1 aromatic carbocycles. The van der Waals surface area contributed by atoms with Crippen molar-refractivity contribution in [3.05, 3.63) is 29.8 Å². The van der Waals surface area contributed by atoms with Crippen molar-refractivity contribution in [1.29, 1.82) is 0 Å². The molecule has 1 aromatic rings. The summed E-state index contributed by atoms with van der Waals surface area (Å²) in [4.78, 5) is 2.55. The number of nitrogens with zero attached hydrogens (tertiary/aromatic N) is 1. The van der Waals surface area contributed by atoms with E-state index < -0.39 is 0 Å². The molecule has 20 heavy (non-hydrogen) atoms. The first kappa shape index (κ1) is 15.4. The maximum Gasteiger partial charge on any atom is 0.0368 e. The fourth-order valence-corrected chi connectivity index (χ4v) is 2.84. The van der Waals surface area contributed by atoms with Crippen LogP contribution < -0.4 is 10.2 Å². The van der Waals surface area contributed by atoms with Crippen molar-refractivity contribution in [3.63, 3.8) is 0 Å². The quantitative estimate of drug-likeness (QED) is 0.757. The van der Waals surface area contributed by atoms with E-state index in [0.717, 1.165) is 18.9 Å². The molecule has 0 spiro atoms. The number of hydrogen-bond donors (Lipinski definition) is 1. The molecular weight excluding hydrogens is 244 g/mol. The van der Waals surface area contributed by atoms with Crippen LogP contribution in [0.3, 0.4) is 0 Å². The molecule has 1 fully saturated rings. The van der Waals surface area contributed by atoms with Crippen molar-refractivity contribution in [2.24, 2.45) is 5.92 Å². The van der Waals surface area contributed by atoms with Gasteiger partial charge in [-0.05, 0) is 63.3 Å². The molecule has 0 aromatic heterocycles. The van der Waals surface area contributed by atoms with Crippen LogP contribution >= 0.6 is 0 Å². The van der Waals surface area contributed by atoms with E-state index in [9.17, 15) is 0 Å². The highest BCUT2D eigenvalue weighted by Gasteiger charge is 2.25. The van der Waals surface area contributed by atoms with Gasteiger partial charge in [0.25, 0.3) is 0 Å². The first-order valence-electron chi connectivity index (χ1n) is 8.25. The molecule has 112 valence electrons. The van der Waals surface area contributed by atoms with Gasteiger partial charge >= 0.3 is 0 Å². The van der Waals surface area contributed by atoms with Crippen LogP contribution in [-0.4, -0.2) is 19.1 Å². The van der Waals surface area contributed by atoms with Crippen molar-refractivity contribution in [2.45, 2.75) is 59.0 Å². The number of benzene rings is 1. The third kappa shape index (κ3) is 3.99. The largest absolute Gasteiger partial charge is 0.369 e. The first-order valence-corrected chi connectivity index (χ1v) is 8.25. The Labute approximate surface area is 124 Å². The van der Waals surface area contributed by atoms with Crippen LogP contribution in [0.4, 0.5) is 5.69 Å². The molecule has 0 saturated heterocycles. The first-order chi connectivity index (χ1) is 9.65. The number of anilines is 1. The summed E-state index contributed by atoms with van der Waals surface area (Å²) in [7, 11) is 0. The van der Waals surface area contributed by atoms with Gasteiger partial charge in [0.1, 0.15) is 0 Å². The summed E-state index contributed by atoms with van der Waals surface area (Å²) in [5.74, 6) is 0.933. The lowest BCUT2D eigenvalue weighted by molar-refractivity contribution is 0.537. The minimum absolute atomic E-state index is 0.491. The molecule has 1 atom stereocenters. The summed E-state index contributed by atoms with van der Waals surface area (Å²) in [6.45, 7) is 11.3. The maximum atomic E-state index is 3.55. The molecule has 1 saturated carbocycles. The van der Waals surface area contributed by atoms with Gasteiger partial charge in [0, 0.05) is 24.3 Å². The van der Waals surface area contributed by atoms with Gasteiger partial charge in [-0.2, -0.15) is 0 Å². The zero-order valence-corrected chi connectivity index (χ0v) is 13.5. The second-order valence-electron chi connectivity index (χ2n) is 6.30. The Morgan fingerprint density at radius 3 is 2.25 bits per heavy atom. The van der Waals surface area contributed by atoms with E-state index in [1.54, 1.807) is 0 Å². The second-order valence-corrected chi connectivity index (χ2v) is 6.30. The lowest BCUT2D eigenvalue weighted by Gasteiger charge is -2.29. The van der Waals surface area contributed by atoms with Crippen LogP contribution in [0, 0.1) is 5.92 Å². The summed E-state index contributed by atoms with van der Waals surface area (Å²) in [6, 6.07) is 10.3. The molecule has 0 bridgehead atoms. The molecular formula is C18H30N2. The fourth-order valence-electron chi connectivity index (χ4n) is 2.84. The summed E-state index contributed by atoms with van der Waals surface area (Å²) in [6.07, 6.45) is 3.97. The van der Waals surface area contributed by atoms with Gasteiger partial charge in [0.2, 0.25) is 0 Å². The van der Waals surface area contributed by atoms with Crippen LogP contribution in [0.15, 0.2) is 24.3 Å². The SMILES string of the molecule is CCNC(CC)c1ccc(N(CC2CC2)C(C)C)cc1. The highest BCUT2D eigenvalue weighted by atomic mass is 15.2. The lowest BCUT2D eigenvalue weighted by Crippen LogP contribution is -2.32. The average molecular weight is 274 g/mol. The summed E-state index contributed by atoms with van der Waals surface area (Å²) in [5.41, 5.74) is 2.79. The van der Waals surface area contributed by atoms with E-state index in [2.05, 4.69) is 62.2 Å². The number of nitrogens with one attached hydrogen (secondary N) is 1. The Balaban J connectivity index is 2.08. The van der Waals surface area contributed by atoms with Crippen molar-refractivity contribution in [3.8, 4) is 0 Å². The lowest BCUT2D eigenvalue weighted by atomic mass is 10.0. The van der Waals surface area contributed by atoms with E-state index >= 15 is 0 Å². The highest BCUT2D eigenvalue weighted by Crippen LogP contribution is 2.32. The third-order valence-electron chi connectivity index (χ3n) is 4.26. The second kappa shape index (κ2) is 7.12. The summed E-state index contributed by atoms with van der Waals surface area (Å²) >= 11 is 0. The molecule has 0 aliphatic heterocycles. The molecule has 0 heterocycles. The number of rotatable bonds is 8. The van der Waals surface area contributed by atoms with Crippen LogP contribution in [-0.2, 0) is 0 Å². The Kier molecular flexibility index (Phi) is 5.47. The third-order valence-corrected chi connectivity index (χ3v) is 4.26. The van der Waals surface area contributed by atoms with Gasteiger partial charge < -0.3 is 10.2 Å². The van der Waals surface area contributed by atoms with Crippen molar-refractivity contribution < 1.29 is 0 Å². The van der Waals surface area contributed by atoms with Gasteiger partial charge in [-0.3, -0.25) is 0 Å². The van der Waals surface area contributed by atoms with E-state index in [1.165, 1.54) is 30.6 Å². The van der Waals surface area contributed by atoms with Crippen LogP contribution in [0.2, 0.25) is 0 Å².